The minimum absolute atomic E-state index is 0.0265. The lowest BCUT2D eigenvalue weighted by Gasteiger charge is -2.15. The summed E-state index contributed by atoms with van der Waals surface area (Å²) in [6, 6.07) is 0. The second-order valence-electron chi connectivity index (χ2n) is 2.87. The van der Waals surface area contributed by atoms with Crippen LogP contribution in [0.15, 0.2) is 24.4 Å². The Balaban J connectivity index is 4.37. The van der Waals surface area contributed by atoms with Crippen molar-refractivity contribution in [3.05, 3.63) is 24.4 Å². The first kappa shape index (κ1) is 10.8. The molecule has 0 aromatic carbocycles. The monoisotopic (exact) mass is 169 g/mol. The van der Waals surface area contributed by atoms with Gasteiger partial charge in [0.1, 0.15) is 0 Å². The maximum atomic E-state index is 10.2. The van der Waals surface area contributed by atoms with Gasteiger partial charge in [0, 0.05) is 17.7 Å². The molecule has 3 N–H and O–H groups in total. The molecule has 0 aliphatic heterocycles. The van der Waals surface area contributed by atoms with E-state index in [0.29, 0.717) is 5.70 Å². The highest BCUT2D eigenvalue weighted by molar-refractivity contribution is 5.80. The fourth-order valence-corrected chi connectivity index (χ4v) is 0.782. The van der Waals surface area contributed by atoms with E-state index in [1.54, 1.807) is 6.08 Å². The summed E-state index contributed by atoms with van der Waals surface area (Å²) in [4.78, 5) is 10.2. The van der Waals surface area contributed by atoms with E-state index in [-0.39, 0.29) is 11.8 Å². The maximum absolute atomic E-state index is 10.2. The average molecular weight is 169 g/mol. The first-order valence-electron chi connectivity index (χ1n) is 3.81. The predicted molar refractivity (Wildman–Crippen MR) is 48.4 cm³/mol. The van der Waals surface area contributed by atoms with Gasteiger partial charge in [-0.15, -0.1) is 6.58 Å². The van der Waals surface area contributed by atoms with E-state index in [1.807, 2.05) is 13.8 Å². The molecule has 0 rings (SSSR count). The Morgan fingerprint density at radius 1 is 1.58 bits per heavy atom. The van der Waals surface area contributed by atoms with Crippen molar-refractivity contribution in [2.75, 3.05) is 0 Å². The number of nitrogens with two attached hydrogens (primary N) is 1. The summed E-state index contributed by atoms with van der Waals surface area (Å²) in [5.74, 6) is -0.783. The molecule has 0 spiro atoms. The molecular formula is C9H15NO2. The van der Waals surface area contributed by atoms with Gasteiger partial charge in [0.25, 0.3) is 0 Å². The Kier molecular flexibility index (Phi) is 4.11. The Morgan fingerprint density at radius 2 is 2.08 bits per heavy atom. The molecule has 12 heavy (non-hydrogen) atoms. The average Bonchev–Trinajstić information content (AvgIpc) is 2.00. The molecule has 0 aromatic rings. The molecule has 68 valence electrons. The van der Waals surface area contributed by atoms with Gasteiger partial charge in [-0.3, -0.25) is 0 Å². The number of hydrogen-bond acceptors (Lipinski definition) is 2. The van der Waals surface area contributed by atoms with E-state index in [9.17, 15) is 4.79 Å². The molecule has 0 unspecified atom stereocenters. The van der Waals surface area contributed by atoms with Crippen molar-refractivity contribution >= 4 is 5.97 Å². The van der Waals surface area contributed by atoms with Crippen molar-refractivity contribution < 1.29 is 9.90 Å². The van der Waals surface area contributed by atoms with Gasteiger partial charge in [0.15, 0.2) is 0 Å². The first-order chi connectivity index (χ1) is 5.49. The van der Waals surface area contributed by atoms with Gasteiger partial charge in [0.2, 0.25) is 0 Å². The molecule has 3 nitrogen and oxygen atoms in total. The molecule has 0 aliphatic rings. The molecule has 0 heterocycles. The Morgan fingerprint density at radius 3 is 2.42 bits per heavy atom. The van der Waals surface area contributed by atoms with Crippen LogP contribution in [0.1, 0.15) is 13.8 Å². The van der Waals surface area contributed by atoms with Crippen molar-refractivity contribution in [3.63, 3.8) is 0 Å². The quantitative estimate of drug-likeness (QED) is 0.493. The molecule has 0 saturated heterocycles. The standard InChI is InChI=1S/C9H15NO2/c1-4-6(2)7(3)8(10)5-9(11)12/h4-7H,1,10H2,2-3H3,(H,11,12)/b8-5-/t6-,7+/m1/s1. The second kappa shape index (κ2) is 4.59. The number of aliphatic carboxylic acids is 1. The van der Waals surface area contributed by atoms with Crippen LogP contribution in [0.25, 0.3) is 0 Å². The summed E-state index contributed by atoms with van der Waals surface area (Å²) in [5, 5.41) is 8.41. The molecule has 0 aliphatic carbocycles. The van der Waals surface area contributed by atoms with Gasteiger partial charge in [0.05, 0.1) is 0 Å². The molecule has 3 heteroatoms. The van der Waals surface area contributed by atoms with Crippen LogP contribution in [0, 0.1) is 11.8 Å². The summed E-state index contributed by atoms with van der Waals surface area (Å²) < 4.78 is 0. The van der Waals surface area contributed by atoms with Crippen molar-refractivity contribution in [2.24, 2.45) is 17.6 Å². The normalized spacial score (nSPS) is 16.7. The van der Waals surface area contributed by atoms with Gasteiger partial charge >= 0.3 is 5.97 Å². The van der Waals surface area contributed by atoms with E-state index >= 15 is 0 Å². The molecule has 0 aromatic heterocycles. The third-order valence-electron chi connectivity index (χ3n) is 1.98. The Hall–Kier alpha value is -1.25. The fraction of sp³-hybridized carbons (Fsp3) is 0.444. The molecule has 0 radical (unpaired) electrons. The van der Waals surface area contributed by atoms with Crippen molar-refractivity contribution in [1.29, 1.82) is 0 Å². The number of allylic oxidation sites excluding steroid dienone is 2. The topological polar surface area (TPSA) is 63.3 Å². The lowest BCUT2D eigenvalue weighted by atomic mass is 9.93. The highest BCUT2D eigenvalue weighted by atomic mass is 16.4. The van der Waals surface area contributed by atoms with Crippen LogP contribution in [0.2, 0.25) is 0 Å². The van der Waals surface area contributed by atoms with Gasteiger partial charge in [-0.1, -0.05) is 19.9 Å². The molecule has 0 saturated carbocycles. The highest BCUT2D eigenvalue weighted by Gasteiger charge is 2.11. The van der Waals surface area contributed by atoms with Crippen LogP contribution < -0.4 is 5.73 Å². The molecular weight excluding hydrogens is 154 g/mol. The fourth-order valence-electron chi connectivity index (χ4n) is 0.782. The molecule has 0 amide bonds. The lowest BCUT2D eigenvalue weighted by molar-refractivity contribution is -0.131. The SMILES string of the molecule is C=C[C@@H](C)[C@H](C)/C(N)=C/C(=O)O. The summed E-state index contributed by atoms with van der Waals surface area (Å²) in [6.45, 7) is 7.43. The summed E-state index contributed by atoms with van der Waals surface area (Å²) in [5.41, 5.74) is 5.91. The highest BCUT2D eigenvalue weighted by Crippen LogP contribution is 2.16. The van der Waals surface area contributed by atoms with E-state index < -0.39 is 5.97 Å². The second-order valence-corrected chi connectivity index (χ2v) is 2.87. The van der Waals surface area contributed by atoms with E-state index in [1.165, 1.54) is 0 Å². The van der Waals surface area contributed by atoms with E-state index in [4.69, 9.17) is 10.8 Å². The number of rotatable bonds is 4. The summed E-state index contributed by atoms with van der Waals surface area (Å²) in [7, 11) is 0. The zero-order chi connectivity index (χ0) is 9.72. The van der Waals surface area contributed by atoms with Crippen LogP contribution >= 0.6 is 0 Å². The van der Waals surface area contributed by atoms with Gasteiger partial charge < -0.3 is 10.8 Å². The van der Waals surface area contributed by atoms with Crippen LogP contribution in [-0.4, -0.2) is 11.1 Å². The minimum atomic E-state index is -1.00. The zero-order valence-corrected chi connectivity index (χ0v) is 7.45. The Labute approximate surface area is 72.6 Å². The van der Waals surface area contributed by atoms with Crippen LogP contribution in [0.5, 0.6) is 0 Å². The van der Waals surface area contributed by atoms with Gasteiger partial charge in [-0.25, -0.2) is 4.79 Å². The number of carbonyl (C=O) groups is 1. The van der Waals surface area contributed by atoms with Gasteiger partial charge in [-0.2, -0.15) is 0 Å². The zero-order valence-electron chi connectivity index (χ0n) is 7.45. The van der Waals surface area contributed by atoms with E-state index in [2.05, 4.69) is 6.58 Å². The van der Waals surface area contributed by atoms with Crippen LogP contribution in [0.4, 0.5) is 0 Å². The molecule has 2 atom stereocenters. The maximum Gasteiger partial charge on any atom is 0.330 e. The largest absolute Gasteiger partial charge is 0.478 e. The van der Waals surface area contributed by atoms with Crippen molar-refractivity contribution in [2.45, 2.75) is 13.8 Å². The van der Waals surface area contributed by atoms with Crippen molar-refractivity contribution in [1.82, 2.24) is 0 Å². The van der Waals surface area contributed by atoms with Crippen LogP contribution in [0.3, 0.4) is 0 Å². The molecule has 0 bridgehead atoms. The van der Waals surface area contributed by atoms with Crippen molar-refractivity contribution in [3.8, 4) is 0 Å². The van der Waals surface area contributed by atoms with Crippen LogP contribution in [-0.2, 0) is 4.79 Å². The number of carboxylic acids is 1. The van der Waals surface area contributed by atoms with E-state index in [0.717, 1.165) is 6.08 Å². The predicted octanol–water partition coefficient (Wildman–Crippen LogP) is 1.37. The Bertz CT molecular complexity index is 209. The lowest BCUT2D eigenvalue weighted by Crippen LogP contribution is -2.16. The summed E-state index contributed by atoms with van der Waals surface area (Å²) >= 11 is 0. The number of carboxylic acid groups (broad SMARTS) is 1. The smallest absolute Gasteiger partial charge is 0.330 e. The third-order valence-corrected chi connectivity index (χ3v) is 1.98. The number of hydrogen-bond donors (Lipinski definition) is 2. The van der Waals surface area contributed by atoms with Gasteiger partial charge in [-0.05, 0) is 5.92 Å². The third kappa shape index (κ3) is 3.23. The minimum Gasteiger partial charge on any atom is -0.478 e. The summed E-state index contributed by atoms with van der Waals surface area (Å²) in [6.07, 6.45) is 2.79. The first-order valence-corrected chi connectivity index (χ1v) is 3.81. The molecule has 0 fully saturated rings.